The molecule has 7 heteroatoms. The number of ketones is 2. The smallest absolute Gasteiger partial charge is 0.262 e. The van der Waals surface area contributed by atoms with Crippen molar-refractivity contribution in [3.05, 3.63) is 81.7 Å². The van der Waals surface area contributed by atoms with E-state index in [1.165, 1.54) is 0 Å². The molecule has 36 heavy (non-hydrogen) atoms. The van der Waals surface area contributed by atoms with Crippen molar-refractivity contribution in [1.29, 1.82) is 0 Å². The van der Waals surface area contributed by atoms with Crippen LogP contribution in [-0.2, 0) is 14.4 Å². The molecule has 0 unspecified atom stereocenters. The Morgan fingerprint density at radius 1 is 0.972 bits per heavy atom. The minimum absolute atomic E-state index is 0.120. The molecule has 1 N–H and O–H groups in total. The van der Waals surface area contributed by atoms with Crippen LogP contribution in [0, 0.1) is 0 Å². The molecule has 3 aliphatic rings. The maximum atomic E-state index is 13.2. The van der Waals surface area contributed by atoms with Gasteiger partial charge >= 0.3 is 0 Å². The summed E-state index contributed by atoms with van der Waals surface area (Å²) in [5.41, 5.74) is 5.02. The fourth-order valence-electron chi connectivity index (χ4n) is 5.61. The topological polar surface area (TPSA) is 75.7 Å². The number of rotatable bonds is 6. The summed E-state index contributed by atoms with van der Waals surface area (Å²) in [7, 11) is 0. The summed E-state index contributed by atoms with van der Waals surface area (Å²) in [5, 5.41) is 3.20. The normalized spacial score (nSPS) is 18.2. The second-order valence-corrected chi connectivity index (χ2v) is 9.75. The van der Waals surface area contributed by atoms with E-state index in [9.17, 15) is 14.4 Å². The van der Waals surface area contributed by atoms with Crippen molar-refractivity contribution in [3.8, 4) is 5.75 Å². The molecule has 1 amide bonds. The van der Waals surface area contributed by atoms with Gasteiger partial charge in [-0.1, -0.05) is 35.9 Å². The molecule has 0 fully saturated rings. The minimum Gasteiger partial charge on any atom is -0.484 e. The van der Waals surface area contributed by atoms with Crippen LogP contribution in [0.2, 0.25) is 5.02 Å². The van der Waals surface area contributed by atoms with E-state index >= 15 is 0 Å². The van der Waals surface area contributed by atoms with Gasteiger partial charge in [0.2, 0.25) is 0 Å². The van der Waals surface area contributed by atoms with E-state index in [-0.39, 0.29) is 30.0 Å². The highest BCUT2D eigenvalue weighted by Gasteiger charge is 2.42. The Morgan fingerprint density at radius 2 is 1.64 bits per heavy atom. The van der Waals surface area contributed by atoms with E-state index in [2.05, 4.69) is 17.1 Å². The van der Waals surface area contributed by atoms with Gasteiger partial charge in [-0.05, 0) is 62.4 Å². The van der Waals surface area contributed by atoms with Gasteiger partial charge in [-0.15, -0.1) is 0 Å². The fourth-order valence-corrected chi connectivity index (χ4v) is 5.80. The Hall–Kier alpha value is -3.38. The fraction of sp³-hybridized carbons (Fsp3) is 0.345. The van der Waals surface area contributed by atoms with Crippen molar-refractivity contribution >= 4 is 34.8 Å². The summed E-state index contributed by atoms with van der Waals surface area (Å²) >= 11 is 6.13. The van der Waals surface area contributed by atoms with Crippen LogP contribution < -0.4 is 10.1 Å². The molecule has 6 nitrogen and oxygen atoms in total. The monoisotopic (exact) mass is 504 g/mol. The molecule has 2 aromatic rings. The molecule has 0 saturated heterocycles. The number of nitrogens with zero attached hydrogens (tertiary/aromatic N) is 1. The predicted molar refractivity (Wildman–Crippen MR) is 139 cm³/mol. The number of carbonyl (C=O) groups is 3. The van der Waals surface area contributed by atoms with Crippen LogP contribution in [0.15, 0.2) is 71.1 Å². The maximum absolute atomic E-state index is 13.2. The summed E-state index contributed by atoms with van der Waals surface area (Å²) in [5.74, 6) is 0.0317. The van der Waals surface area contributed by atoms with Crippen molar-refractivity contribution in [2.24, 2.45) is 0 Å². The third-order valence-corrected chi connectivity index (χ3v) is 7.44. The molecule has 0 atom stereocenters. The van der Waals surface area contributed by atoms with Crippen LogP contribution in [0.4, 0.5) is 5.69 Å². The van der Waals surface area contributed by atoms with Crippen LogP contribution in [0.1, 0.15) is 56.9 Å². The van der Waals surface area contributed by atoms with Crippen molar-refractivity contribution < 1.29 is 19.1 Å². The molecule has 1 heterocycles. The molecule has 186 valence electrons. The van der Waals surface area contributed by atoms with Gasteiger partial charge in [-0.25, -0.2) is 0 Å². The second kappa shape index (κ2) is 10.3. The first kappa shape index (κ1) is 24.3. The molecule has 1 aliphatic heterocycles. The Morgan fingerprint density at radius 3 is 2.28 bits per heavy atom. The quantitative estimate of drug-likeness (QED) is 0.538. The summed E-state index contributed by atoms with van der Waals surface area (Å²) in [6.45, 7) is 2.63. The van der Waals surface area contributed by atoms with Crippen molar-refractivity contribution in [1.82, 2.24) is 4.90 Å². The lowest BCUT2D eigenvalue weighted by Gasteiger charge is -2.43. The first-order chi connectivity index (χ1) is 17.5. The molecular formula is C29H29ClN2O4. The molecule has 0 aromatic heterocycles. The van der Waals surface area contributed by atoms with Gasteiger partial charge in [0.05, 0.1) is 10.7 Å². The van der Waals surface area contributed by atoms with Gasteiger partial charge < -0.3 is 15.0 Å². The molecule has 0 radical (unpaired) electrons. The Bertz CT molecular complexity index is 1250. The molecule has 5 rings (SSSR count). The standard InChI is InChI=1S/C29H29ClN2O4/c1-2-32-22-12-6-14-24(33)28(22)27(29-23(32)13-7-15-25(29)34)18-8-5-9-19(16-18)36-17-26(35)31-21-11-4-3-10-20(21)30/h3-5,8-11,16,27H,2,6-7,12-15,17H2,1H3,(H,31,35). The number of hydrogen-bond donors (Lipinski definition) is 1. The Kier molecular flexibility index (Phi) is 6.97. The minimum atomic E-state index is -0.390. The summed E-state index contributed by atoms with van der Waals surface area (Å²) in [4.78, 5) is 41.2. The highest BCUT2D eigenvalue weighted by molar-refractivity contribution is 6.33. The number of halogens is 1. The molecule has 0 bridgehead atoms. The van der Waals surface area contributed by atoms with Gasteiger partial charge in [0.1, 0.15) is 5.75 Å². The number of ether oxygens (including phenoxy) is 1. The van der Waals surface area contributed by atoms with E-state index in [0.717, 1.165) is 60.3 Å². The number of hydrogen-bond acceptors (Lipinski definition) is 5. The highest BCUT2D eigenvalue weighted by Crippen LogP contribution is 2.49. The van der Waals surface area contributed by atoms with E-state index in [0.29, 0.717) is 29.3 Å². The maximum Gasteiger partial charge on any atom is 0.262 e. The number of nitrogens with one attached hydrogen (secondary N) is 1. The van der Waals surface area contributed by atoms with Crippen LogP contribution >= 0.6 is 11.6 Å². The van der Waals surface area contributed by atoms with Crippen LogP contribution in [-0.4, -0.2) is 35.5 Å². The average Bonchev–Trinajstić information content (AvgIpc) is 2.88. The van der Waals surface area contributed by atoms with E-state index in [1.54, 1.807) is 30.3 Å². The average molecular weight is 505 g/mol. The largest absolute Gasteiger partial charge is 0.484 e. The Labute approximate surface area is 216 Å². The van der Waals surface area contributed by atoms with Gasteiger partial charge in [0.15, 0.2) is 18.2 Å². The van der Waals surface area contributed by atoms with Crippen molar-refractivity contribution in [2.75, 3.05) is 18.5 Å². The molecular weight excluding hydrogens is 476 g/mol. The number of benzene rings is 2. The third-order valence-electron chi connectivity index (χ3n) is 7.11. The molecule has 2 aromatic carbocycles. The van der Waals surface area contributed by atoms with E-state index in [1.807, 2.05) is 18.2 Å². The number of anilines is 1. The molecule has 0 saturated carbocycles. The van der Waals surface area contributed by atoms with E-state index in [4.69, 9.17) is 16.3 Å². The number of allylic oxidation sites excluding steroid dienone is 4. The zero-order valence-corrected chi connectivity index (χ0v) is 21.1. The first-order valence-electron chi connectivity index (χ1n) is 12.5. The number of para-hydroxylation sites is 1. The van der Waals surface area contributed by atoms with Crippen LogP contribution in [0.3, 0.4) is 0 Å². The first-order valence-corrected chi connectivity index (χ1v) is 12.9. The van der Waals surface area contributed by atoms with Gasteiger partial charge in [-0.3, -0.25) is 14.4 Å². The Balaban J connectivity index is 1.44. The van der Waals surface area contributed by atoms with E-state index < -0.39 is 0 Å². The van der Waals surface area contributed by atoms with Crippen LogP contribution in [0.25, 0.3) is 0 Å². The summed E-state index contributed by atoms with van der Waals surface area (Å²) < 4.78 is 5.81. The third kappa shape index (κ3) is 4.58. The van der Waals surface area contributed by atoms with Gasteiger partial charge in [0.25, 0.3) is 5.91 Å². The lowest BCUT2D eigenvalue weighted by Crippen LogP contribution is -2.39. The highest BCUT2D eigenvalue weighted by atomic mass is 35.5. The lowest BCUT2D eigenvalue weighted by atomic mass is 9.71. The number of amides is 1. The lowest BCUT2D eigenvalue weighted by molar-refractivity contribution is -0.118. The van der Waals surface area contributed by atoms with Gasteiger partial charge in [0, 0.05) is 47.8 Å². The zero-order valence-electron chi connectivity index (χ0n) is 20.3. The summed E-state index contributed by atoms with van der Waals surface area (Å²) in [6, 6.07) is 14.4. The number of carbonyl (C=O) groups excluding carboxylic acids is 3. The van der Waals surface area contributed by atoms with Crippen molar-refractivity contribution in [3.63, 3.8) is 0 Å². The van der Waals surface area contributed by atoms with Gasteiger partial charge in [-0.2, -0.15) is 0 Å². The second-order valence-electron chi connectivity index (χ2n) is 9.34. The predicted octanol–water partition coefficient (Wildman–Crippen LogP) is 5.79. The van der Waals surface area contributed by atoms with Crippen molar-refractivity contribution in [2.45, 2.75) is 51.4 Å². The summed E-state index contributed by atoms with van der Waals surface area (Å²) in [6.07, 6.45) is 4.36. The van der Waals surface area contributed by atoms with Crippen LogP contribution in [0.5, 0.6) is 5.75 Å². The molecule has 0 spiro atoms. The number of Topliss-reactive ketones (excluding diaryl/α,β-unsaturated/α-hetero) is 2. The SMILES string of the molecule is CCN1C2=C(C(=O)CCC2)C(c2cccc(OCC(=O)Nc3ccccc3Cl)c2)C2=C1CCCC2=O. The zero-order chi connectivity index (χ0) is 25.2. The molecule has 2 aliphatic carbocycles.